The molecule has 7 heteroatoms. The van der Waals surface area contributed by atoms with Crippen molar-refractivity contribution in [2.45, 2.75) is 26.0 Å². The van der Waals surface area contributed by atoms with E-state index in [4.69, 9.17) is 9.84 Å². The minimum Gasteiger partial charge on any atom is -0.487 e. The quantitative estimate of drug-likeness (QED) is 0.817. The standard InChI is InChI=1S/C20H23N3O4/c24-19(25)16-7-10-23(11-8-16)20(26)22-12-17-6-9-21-13-18(17)27-14-15-4-2-1-3-5-15/h1-6,9,13,16H,7-8,10-12,14H2,(H,22,26)(H,24,25). The predicted molar refractivity (Wildman–Crippen MR) is 99.2 cm³/mol. The molecule has 1 aliphatic heterocycles. The van der Waals surface area contributed by atoms with Gasteiger partial charge in [0.1, 0.15) is 12.4 Å². The molecule has 1 aromatic heterocycles. The van der Waals surface area contributed by atoms with E-state index in [1.165, 1.54) is 0 Å². The summed E-state index contributed by atoms with van der Waals surface area (Å²) < 4.78 is 5.85. The number of urea groups is 1. The maximum Gasteiger partial charge on any atom is 0.317 e. The van der Waals surface area contributed by atoms with Crippen LogP contribution in [0.3, 0.4) is 0 Å². The SMILES string of the molecule is O=C(O)C1CCN(C(=O)NCc2ccncc2OCc2ccccc2)CC1. The molecule has 2 amide bonds. The molecule has 2 N–H and O–H groups in total. The van der Waals surface area contributed by atoms with Crippen molar-refractivity contribution in [3.8, 4) is 5.75 Å². The molecule has 1 saturated heterocycles. The topological polar surface area (TPSA) is 91.8 Å². The molecule has 0 bridgehead atoms. The third-order valence-electron chi connectivity index (χ3n) is 4.67. The van der Waals surface area contributed by atoms with E-state index in [2.05, 4.69) is 10.3 Å². The van der Waals surface area contributed by atoms with Gasteiger partial charge in [-0.2, -0.15) is 0 Å². The molecule has 0 unspecified atom stereocenters. The Morgan fingerprint density at radius 2 is 1.93 bits per heavy atom. The molecule has 0 aliphatic carbocycles. The van der Waals surface area contributed by atoms with Gasteiger partial charge in [0.15, 0.2) is 0 Å². The lowest BCUT2D eigenvalue weighted by Crippen LogP contribution is -2.45. The average molecular weight is 369 g/mol. The highest BCUT2D eigenvalue weighted by Crippen LogP contribution is 2.19. The summed E-state index contributed by atoms with van der Waals surface area (Å²) in [7, 11) is 0. The van der Waals surface area contributed by atoms with Crippen LogP contribution in [0.2, 0.25) is 0 Å². The summed E-state index contributed by atoms with van der Waals surface area (Å²) in [5.74, 6) is -0.509. The highest BCUT2D eigenvalue weighted by molar-refractivity contribution is 5.75. The van der Waals surface area contributed by atoms with E-state index >= 15 is 0 Å². The van der Waals surface area contributed by atoms with Gasteiger partial charge in [0, 0.05) is 31.4 Å². The first kappa shape index (κ1) is 18.7. The van der Waals surface area contributed by atoms with Crippen LogP contribution in [-0.2, 0) is 17.9 Å². The number of hydrogen-bond acceptors (Lipinski definition) is 4. The van der Waals surface area contributed by atoms with Crippen molar-refractivity contribution >= 4 is 12.0 Å². The molecule has 2 aromatic rings. The molecule has 7 nitrogen and oxygen atoms in total. The van der Waals surface area contributed by atoms with Gasteiger partial charge in [0.25, 0.3) is 0 Å². The Bertz CT molecular complexity index is 774. The molecular weight excluding hydrogens is 346 g/mol. The number of carbonyl (C=O) groups is 2. The second kappa shape index (κ2) is 9.02. The number of carboxylic acids is 1. The van der Waals surface area contributed by atoms with Crippen LogP contribution in [0.5, 0.6) is 5.75 Å². The largest absolute Gasteiger partial charge is 0.487 e. The highest BCUT2D eigenvalue weighted by atomic mass is 16.5. The van der Waals surface area contributed by atoms with Crippen LogP contribution in [0.4, 0.5) is 4.79 Å². The third kappa shape index (κ3) is 5.20. The molecule has 3 rings (SSSR count). The van der Waals surface area contributed by atoms with E-state index in [-0.39, 0.29) is 11.9 Å². The molecule has 1 aliphatic rings. The van der Waals surface area contributed by atoms with Gasteiger partial charge in [-0.05, 0) is 24.5 Å². The van der Waals surface area contributed by atoms with E-state index in [1.807, 2.05) is 36.4 Å². The zero-order valence-electron chi connectivity index (χ0n) is 15.0. The van der Waals surface area contributed by atoms with Crippen LogP contribution < -0.4 is 10.1 Å². The van der Waals surface area contributed by atoms with Gasteiger partial charge in [-0.1, -0.05) is 30.3 Å². The Balaban J connectivity index is 1.52. The third-order valence-corrected chi connectivity index (χ3v) is 4.67. The van der Waals surface area contributed by atoms with Gasteiger partial charge in [-0.15, -0.1) is 0 Å². The fraction of sp³-hybridized carbons (Fsp3) is 0.350. The smallest absolute Gasteiger partial charge is 0.317 e. The van der Waals surface area contributed by atoms with Gasteiger partial charge in [-0.25, -0.2) is 4.79 Å². The zero-order valence-corrected chi connectivity index (χ0v) is 15.0. The van der Waals surface area contributed by atoms with E-state index in [1.54, 1.807) is 17.3 Å². The number of amides is 2. The van der Waals surface area contributed by atoms with Crippen molar-refractivity contribution in [1.29, 1.82) is 0 Å². The van der Waals surface area contributed by atoms with E-state index < -0.39 is 5.97 Å². The maximum atomic E-state index is 12.3. The van der Waals surface area contributed by atoms with Crippen LogP contribution in [0.25, 0.3) is 0 Å². The zero-order chi connectivity index (χ0) is 19.1. The number of hydrogen-bond donors (Lipinski definition) is 2. The maximum absolute atomic E-state index is 12.3. The van der Waals surface area contributed by atoms with Crippen molar-refractivity contribution in [2.24, 2.45) is 5.92 Å². The Morgan fingerprint density at radius 1 is 1.19 bits per heavy atom. The number of nitrogens with zero attached hydrogens (tertiary/aromatic N) is 2. The van der Waals surface area contributed by atoms with E-state index in [0.29, 0.717) is 44.8 Å². The number of rotatable bonds is 6. The molecular formula is C20H23N3O4. The number of pyridine rings is 1. The number of benzene rings is 1. The monoisotopic (exact) mass is 369 g/mol. The fourth-order valence-electron chi connectivity index (χ4n) is 3.03. The van der Waals surface area contributed by atoms with Crippen molar-refractivity contribution in [3.05, 3.63) is 59.9 Å². The van der Waals surface area contributed by atoms with Crippen molar-refractivity contribution in [1.82, 2.24) is 15.2 Å². The van der Waals surface area contributed by atoms with Gasteiger partial charge in [0.05, 0.1) is 12.1 Å². The predicted octanol–water partition coefficient (Wildman–Crippen LogP) is 2.67. The summed E-state index contributed by atoms with van der Waals surface area (Å²) in [6.45, 7) is 1.66. The van der Waals surface area contributed by atoms with E-state index in [0.717, 1.165) is 11.1 Å². The normalized spacial score (nSPS) is 14.6. The summed E-state index contributed by atoms with van der Waals surface area (Å²) in [5.41, 5.74) is 1.90. The van der Waals surface area contributed by atoms with Crippen molar-refractivity contribution in [2.75, 3.05) is 13.1 Å². The first-order chi connectivity index (χ1) is 13.1. The summed E-state index contributed by atoms with van der Waals surface area (Å²) >= 11 is 0. The number of carboxylic acid groups (broad SMARTS) is 1. The molecule has 142 valence electrons. The highest BCUT2D eigenvalue weighted by Gasteiger charge is 2.26. The van der Waals surface area contributed by atoms with Crippen molar-refractivity contribution < 1.29 is 19.4 Å². The minimum atomic E-state index is -0.785. The first-order valence-corrected chi connectivity index (χ1v) is 8.98. The summed E-state index contributed by atoms with van der Waals surface area (Å²) in [5, 5.41) is 11.9. The average Bonchev–Trinajstić information content (AvgIpc) is 2.72. The molecule has 1 aromatic carbocycles. The molecule has 1 fully saturated rings. The van der Waals surface area contributed by atoms with Crippen LogP contribution >= 0.6 is 0 Å². The Morgan fingerprint density at radius 3 is 2.63 bits per heavy atom. The molecule has 0 saturated carbocycles. The summed E-state index contributed by atoms with van der Waals surface area (Å²) in [6, 6.07) is 11.5. The second-order valence-corrected chi connectivity index (χ2v) is 6.52. The summed E-state index contributed by atoms with van der Waals surface area (Å²) in [6.07, 6.45) is 4.28. The van der Waals surface area contributed by atoms with Gasteiger partial charge in [0.2, 0.25) is 0 Å². The lowest BCUT2D eigenvalue weighted by atomic mass is 9.97. The van der Waals surface area contributed by atoms with Crippen LogP contribution in [0, 0.1) is 5.92 Å². The van der Waals surface area contributed by atoms with Gasteiger partial charge < -0.3 is 20.1 Å². The molecule has 0 atom stereocenters. The first-order valence-electron chi connectivity index (χ1n) is 8.98. The van der Waals surface area contributed by atoms with E-state index in [9.17, 15) is 9.59 Å². The second-order valence-electron chi connectivity index (χ2n) is 6.52. The number of piperidine rings is 1. The Labute approximate surface area is 158 Å². The van der Waals surface area contributed by atoms with Gasteiger partial charge >= 0.3 is 12.0 Å². The lowest BCUT2D eigenvalue weighted by molar-refractivity contribution is -0.143. The van der Waals surface area contributed by atoms with Crippen LogP contribution in [-0.4, -0.2) is 40.1 Å². The molecule has 0 radical (unpaired) electrons. The number of carbonyl (C=O) groups excluding carboxylic acids is 1. The number of ether oxygens (including phenoxy) is 1. The van der Waals surface area contributed by atoms with Crippen LogP contribution in [0.1, 0.15) is 24.0 Å². The fourth-order valence-corrected chi connectivity index (χ4v) is 3.03. The van der Waals surface area contributed by atoms with Crippen molar-refractivity contribution in [3.63, 3.8) is 0 Å². The lowest BCUT2D eigenvalue weighted by Gasteiger charge is -2.30. The molecule has 0 spiro atoms. The minimum absolute atomic E-state index is 0.190. The number of nitrogens with one attached hydrogen (secondary N) is 1. The number of aliphatic carboxylic acids is 1. The molecule has 27 heavy (non-hydrogen) atoms. The number of aromatic nitrogens is 1. The van der Waals surface area contributed by atoms with Crippen LogP contribution in [0.15, 0.2) is 48.8 Å². The molecule has 2 heterocycles. The number of likely N-dealkylation sites (tertiary alicyclic amines) is 1. The Hall–Kier alpha value is -3.09. The van der Waals surface area contributed by atoms with Gasteiger partial charge in [-0.3, -0.25) is 9.78 Å². The summed E-state index contributed by atoms with van der Waals surface area (Å²) in [4.78, 5) is 29.1. The Kier molecular flexibility index (Phi) is 6.25.